The first-order valence-corrected chi connectivity index (χ1v) is 9.33. The predicted octanol–water partition coefficient (Wildman–Crippen LogP) is 0.978. The van der Waals surface area contributed by atoms with Crippen LogP contribution in [0.5, 0.6) is 5.75 Å². The van der Waals surface area contributed by atoms with Crippen molar-refractivity contribution in [2.75, 3.05) is 46.9 Å². The molecule has 0 aliphatic carbocycles. The zero-order valence-corrected chi connectivity index (χ0v) is 15.6. The lowest BCUT2D eigenvalue weighted by atomic mass is 10.2. The van der Waals surface area contributed by atoms with Gasteiger partial charge in [0, 0.05) is 45.3 Å². The van der Waals surface area contributed by atoms with Gasteiger partial charge in [-0.2, -0.15) is 17.0 Å². The van der Waals surface area contributed by atoms with E-state index >= 15 is 0 Å². The summed E-state index contributed by atoms with van der Waals surface area (Å²) in [6.07, 6.45) is 0. The van der Waals surface area contributed by atoms with Crippen molar-refractivity contribution in [2.24, 2.45) is 0 Å². The van der Waals surface area contributed by atoms with E-state index in [4.69, 9.17) is 16.3 Å². The Morgan fingerprint density at radius 1 is 1.25 bits per heavy atom. The number of carbonyl (C=O) groups is 1. The van der Waals surface area contributed by atoms with E-state index in [0.29, 0.717) is 23.9 Å². The van der Waals surface area contributed by atoms with Crippen LogP contribution in [-0.4, -0.2) is 74.7 Å². The molecule has 0 atom stereocenters. The number of rotatable bonds is 5. The summed E-state index contributed by atoms with van der Waals surface area (Å²) in [4.78, 5) is 13.9. The van der Waals surface area contributed by atoms with E-state index in [1.54, 1.807) is 23.1 Å². The highest BCUT2D eigenvalue weighted by molar-refractivity contribution is 7.86. The maximum Gasteiger partial charge on any atom is 0.281 e. The molecule has 0 spiro atoms. The summed E-state index contributed by atoms with van der Waals surface area (Å²) in [6, 6.07) is 5.21. The summed E-state index contributed by atoms with van der Waals surface area (Å²) in [7, 11) is -0.439. The van der Waals surface area contributed by atoms with E-state index < -0.39 is 10.2 Å². The molecule has 24 heavy (non-hydrogen) atoms. The lowest BCUT2D eigenvalue weighted by Crippen LogP contribution is -2.53. The average molecular weight is 376 g/mol. The second kappa shape index (κ2) is 7.69. The van der Waals surface area contributed by atoms with Gasteiger partial charge in [0.25, 0.3) is 16.1 Å². The molecule has 0 saturated carbocycles. The number of nitrogens with zero attached hydrogens (tertiary/aromatic N) is 3. The van der Waals surface area contributed by atoms with E-state index in [2.05, 4.69) is 0 Å². The minimum atomic E-state index is -3.43. The lowest BCUT2D eigenvalue weighted by molar-refractivity contribution is -0.134. The second-order valence-corrected chi connectivity index (χ2v) is 8.35. The van der Waals surface area contributed by atoms with Gasteiger partial charge in [-0.1, -0.05) is 11.6 Å². The normalized spacial score (nSPS) is 16.5. The topological polar surface area (TPSA) is 70.2 Å². The first-order valence-electron chi connectivity index (χ1n) is 7.56. The number of hydrogen-bond acceptors (Lipinski definition) is 4. The number of ether oxygens (including phenoxy) is 1. The Balaban J connectivity index is 1.87. The molecule has 2 rings (SSSR count). The van der Waals surface area contributed by atoms with Crippen LogP contribution in [0.15, 0.2) is 18.2 Å². The molecule has 7 nitrogen and oxygen atoms in total. The van der Waals surface area contributed by atoms with Gasteiger partial charge < -0.3 is 9.64 Å². The highest BCUT2D eigenvalue weighted by Crippen LogP contribution is 2.21. The molecule has 0 unspecified atom stereocenters. The maximum atomic E-state index is 12.2. The van der Waals surface area contributed by atoms with E-state index in [0.717, 1.165) is 5.56 Å². The molecule has 0 aromatic heterocycles. The molecule has 1 aromatic carbocycles. The third-order valence-electron chi connectivity index (χ3n) is 3.87. The van der Waals surface area contributed by atoms with E-state index in [1.165, 1.54) is 22.7 Å². The minimum Gasteiger partial charge on any atom is -0.483 e. The summed E-state index contributed by atoms with van der Waals surface area (Å²) in [5, 5.41) is 0.615. The van der Waals surface area contributed by atoms with E-state index in [9.17, 15) is 13.2 Å². The quantitative estimate of drug-likeness (QED) is 0.769. The van der Waals surface area contributed by atoms with Crippen LogP contribution in [0.4, 0.5) is 0 Å². The minimum absolute atomic E-state index is 0.0805. The van der Waals surface area contributed by atoms with Crippen LogP contribution in [0, 0.1) is 6.92 Å². The van der Waals surface area contributed by atoms with Gasteiger partial charge in [-0.05, 0) is 30.7 Å². The molecule has 9 heteroatoms. The SMILES string of the molecule is Cc1cc(Cl)ccc1OCC(=O)N1CCN(S(=O)(=O)N(C)C)CC1. The Kier molecular flexibility index (Phi) is 6.08. The molecule has 1 aliphatic rings. The van der Waals surface area contributed by atoms with Crippen LogP contribution >= 0.6 is 11.6 Å². The van der Waals surface area contributed by atoms with Crippen molar-refractivity contribution in [1.82, 2.24) is 13.5 Å². The van der Waals surface area contributed by atoms with Crippen LogP contribution < -0.4 is 4.74 Å². The number of hydrogen-bond donors (Lipinski definition) is 0. The number of carbonyl (C=O) groups excluding carboxylic acids is 1. The fourth-order valence-corrected chi connectivity index (χ4v) is 3.72. The van der Waals surface area contributed by atoms with Crippen molar-refractivity contribution >= 4 is 27.7 Å². The molecule has 1 heterocycles. The zero-order chi connectivity index (χ0) is 17.9. The predicted molar refractivity (Wildman–Crippen MR) is 92.4 cm³/mol. The van der Waals surface area contributed by atoms with Crippen molar-refractivity contribution < 1.29 is 17.9 Å². The Labute approximate surface area is 147 Å². The Bertz CT molecular complexity index is 701. The summed E-state index contributed by atoms with van der Waals surface area (Å²) in [5.74, 6) is 0.452. The van der Waals surface area contributed by atoms with Crippen LogP contribution in [0.25, 0.3) is 0 Å². The molecule has 0 radical (unpaired) electrons. The molecule has 1 aromatic rings. The summed E-state index contributed by atoms with van der Waals surface area (Å²) >= 11 is 5.89. The summed E-state index contributed by atoms with van der Waals surface area (Å²) in [6.45, 7) is 3.06. The highest BCUT2D eigenvalue weighted by Gasteiger charge is 2.30. The van der Waals surface area contributed by atoms with Gasteiger partial charge in [-0.3, -0.25) is 4.79 Å². The van der Waals surface area contributed by atoms with Crippen molar-refractivity contribution in [3.63, 3.8) is 0 Å². The molecule has 1 fully saturated rings. The molecule has 0 N–H and O–H groups in total. The second-order valence-electron chi connectivity index (χ2n) is 5.77. The van der Waals surface area contributed by atoms with Crippen molar-refractivity contribution in [3.05, 3.63) is 28.8 Å². The monoisotopic (exact) mass is 375 g/mol. The van der Waals surface area contributed by atoms with Gasteiger partial charge in [0.2, 0.25) is 0 Å². The van der Waals surface area contributed by atoms with Crippen LogP contribution in [-0.2, 0) is 15.0 Å². The lowest BCUT2D eigenvalue weighted by Gasteiger charge is -2.35. The molecule has 0 bridgehead atoms. The first kappa shape index (κ1) is 19.0. The Morgan fingerprint density at radius 3 is 2.42 bits per heavy atom. The number of piperazine rings is 1. The van der Waals surface area contributed by atoms with Crippen molar-refractivity contribution in [3.8, 4) is 5.75 Å². The van der Waals surface area contributed by atoms with Crippen LogP contribution in [0.3, 0.4) is 0 Å². The van der Waals surface area contributed by atoms with Gasteiger partial charge in [-0.15, -0.1) is 0 Å². The van der Waals surface area contributed by atoms with Crippen LogP contribution in [0.1, 0.15) is 5.56 Å². The van der Waals surface area contributed by atoms with Crippen molar-refractivity contribution in [1.29, 1.82) is 0 Å². The van der Waals surface area contributed by atoms with Gasteiger partial charge in [0.1, 0.15) is 5.75 Å². The smallest absolute Gasteiger partial charge is 0.281 e. The molecule has 134 valence electrons. The third-order valence-corrected chi connectivity index (χ3v) is 6.04. The summed E-state index contributed by atoms with van der Waals surface area (Å²) < 4.78 is 32.2. The number of amides is 1. The Morgan fingerprint density at radius 2 is 1.88 bits per heavy atom. The van der Waals surface area contributed by atoms with Gasteiger partial charge in [-0.25, -0.2) is 0 Å². The van der Waals surface area contributed by atoms with Crippen molar-refractivity contribution in [2.45, 2.75) is 6.92 Å². The number of aryl methyl sites for hydroxylation is 1. The third kappa shape index (κ3) is 4.38. The molecule has 1 saturated heterocycles. The fraction of sp³-hybridized carbons (Fsp3) is 0.533. The highest BCUT2D eigenvalue weighted by atomic mass is 35.5. The van der Waals surface area contributed by atoms with E-state index in [-0.39, 0.29) is 25.6 Å². The number of halogens is 1. The van der Waals surface area contributed by atoms with Gasteiger partial charge >= 0.3 is 0 Å². The van der Waals surface area contributed by atoms with Gasteiger partial charge in [0.05, 0.1) is 0 Å². The molecular weight excluding hydrogens is 354 g/mol. The van der Waals surface area contributed by atoms with Gasteiger partial charge in [0.15, 0.2) is 6.61 Å². The van der Waals surface area contributed by atoms with Crippen LogP contribution in [0.2, 0.25) is 5.02 Å². The standard InChI is InChI=1S/C15H22ClN3O4S/c1-12-10-13(16)4-5-14(12)23-11-15(20)18-6-8-19(9-7-18)24(21,22)17(2)3/h4-5,10H,6-9,11H2,1-3H3. The molecular formula is C15H22ClN3O4S. The average Bonchev–Trinajstić information content (AvgIpc) is 2.53. The Hall–Kier alpha value is -1.35. The molecule has 1 amide bonds. The summed E-state index contributed by atoms with van der Waals surface area (Å²) in [5.41, 5.74) is 0.859. The first-order chi connectivity index (χ1) is 11.2. The number of benzene rings is 1. The largest absolute Gasteiger partial charge is 0.483 e. The maximum absolute atomic E-state index is 12.2. The molecule has 1 aliphatic heterocycles. The van der Waals surface area contributed by atoms with E-state index in [1.807, 2.05) is 6.92 Å². The zero-order valence-electron chi connectivity index (χ0n) is 14.0. The fourth-order valence-electron chi connectivity index (χ4n) is 2.40.